The van der Waals surface area contributed by atoms with E-state index in [-0.39, 0.29) is 39.4 Å². The Balaban J connectivity index is 1.77. The monoisotopic (exact) mass is 620 g/mol. The van der Waals surface area contributed by atoms with Crippen molar-refractivity contribution in [2.24, 2.45) is 0 Å². The smallest absolute Gasteiger partial charge is 0.294 e. The first-order chi connectivity index (χ1) is 21.3. The predicted molar refractivity (Wildman–Crippen MR) is 181 cm³/mol. The zero-order valence-electron chi connectivity index (χ0n) is 26.3. The van der Waals surface area contributed by atoms with Crippen molar-refractivity contribution in [3.63, 3.8) is 0 Å². The van der Waals surface area contributed by atoms with Gasteiger partial charge in [0, 0.05) is 28.0 Å². The lowest BCUT2D eigenvalue weighted by atomic mass is 9.75. The van der Waals surface area contributed by atoms with Gasteiger partial charge in [0.15, 0.2) is 0 Å². The number of phenolic OH excluding ortho intramolecular Hbond substituents is 2. The molecule has 0 bridgehead atoms. The second kappa shape index (κ2) is 12.5. The molecule has 45 heavy (non-hydrogen) atoms. The fourth-order valence-corrected chi connectivity index (χ4v) is 7.37. The van der Waals surface area contributed by atoms with Gasteiger partial charge in [0.1, 0.15) is 11.5 Å². The Bertz CT molecular complexity index is 1920. The van der Waals surface area contributed by atoms with Crippen LogP contribution in [0.1, 0.15) is 78.0 Å². The van der Waals surface area contributed by atoms with Crippen LogP contribution in [-0.2, 0) is 15.5 Å². The highest BCUT2D eigenvalue weighted by molar-refractivity contribution is 7.85. The zero-order chi connectivity index (χ0) is 32.5. The van der Waals surface area contributed by atoms with Gasteiger partial charge in [-0.05, 0) is 71.7 Å². The normalized spacial score (nSPS) is 13.4. The summed E-state index contributed by atoms with van der Waals surface area (Å²) in [5, 5.41) is 23.4. The molecule has 2 unspecified atom stereocenters. The van der Waals surface area contributed by atoms with Crippen molar-refractivity contribution in [1.82, 2.24) is 0 Å². The molecule has 0 fully saturated rings. The van der Waals surface area contributed by atoms with Crippen molar-refractivity contribution >= 4 is 10.1 Å². The average molecular weight is 621 g/mol. The summed E-state index contributed by atoms with van der Waals surface area (Å²) in [6.07, 6.45) is 0.779. The molecule has 0 radical (unpaired) electrons. The molecule has 0 saturated carbocycles. The molecule has 0 amide bonds. The maximum Gasteiger partial charge on any atom is 0.294 e. The van der Waals surface area contributed by atoms with Crippen molar-refractivity contribution in [2.45, 2.75) is 63.2 Å². The molecule has 2 atom stereocenters. The predicted octanol–water partition coefficient (Wildman–Crippen LogP) is 9.28. The molecular weight excluding hydrogens is 580 g/mol. The van der Waals surface area contributed by atoms with Crippen molar-refractivity contribution in [3.05, 3.63) is 148 Å². The third kappa shape index (κ3) is 6.26. The minimum atomic E-state index is -4.68. The van der Waals surface area contributed by atoms with Gasteiger partial charge in [0.2, 0.25) is 0 Å². The van der Waals surface area contributed by atoms with Crippen molar-refractivity contribution in [2.75, 3.05) is 0 Å². The first-order valence-corrected chi connectivity index (χ1v) is 16.6. The molecule has 5 aromatic carbocycles. The first-order valence-electron chi connectivity index (χ1n) is 15.1. The summed E-state index contributed by atoms with van der Waals surface area (Å²) in [4.78, 5) is -0.309. The topological polar surface area (TPSA) is 94.8 Å². The molecule has 3 N–H and O–H groups in total. The fourth-order valence-electron chi connectivity index (χ4n) is 6.61. The quantitative estimate of drug-likeness (QED) is 0.143. The third-order valence-electron chi connectivity index (χ3n) is 9.23. The second-order valence-corrected chi connectivity index (χ2v) is 13.8. The van der Waals surface area contributed by atoms with Crippen molar-refractivity contribution < 1.29 is 23.2 Å². The SMILES string of the molecule is Cc1c(C(CC(C)c2ccccc2)c2ccccc2)ccc(O)c1-c1c(C)c(S(=O)(=O)O)cc(C(C)(C)c2ccccc2)c1O. The summed E-state index contributed by atoms with van der Waals surface area (Å²) in [6.45, 7) is 9.43. The number of hydrogen-bond donors (Lipinski definition) is 3. The van der Waals surface area contributed by atoms with Gasteiger partial charge in [-0.2, -0.15) is 8.42 Å². The van der Waals surface area contributed by atoms with Crippen LogP contribution in [-0.4, -0.2) is 23.2 Å². The van der Waals surface area contributed by atoms with E-state index in [1.54, 1.807) is 13.0 Å². The maximum atomic E-state index is 12.8. The van der Waals surface area contributed by atoms with Gasteiger partial charge in [-0.3, -0.25) is 4.55 Å². The van der Waals surface area contributed by atoms with Gasteiger partial charge < -0.3 is 10.2 Å². The summed E-state index contributed by atoms with van der Waals surface area (Å²) in [5.41, 5.74) is 5.02. The summed E-state index contributed by atoms with van der Waals surface area (Å²) in [6, 6.07) is 34.9. The summed E-state index contributed by atoms with van der Waals surface area (Å²) in [5.74, 6) is -0.0794. The van der Waals surface area contributed by atoms with Crippen LogP contribution in [0.15, 0.2) is 114 Å². The fraction of sp³-hybridized carbons (Fsp3) is 0.231. The van der Waals surface area contributed by atoms with E-state index in [2.05, 4.69) is 31.2 Å². The van der Waals surface area contributed by atoms with E-state index in [0.29, 0.717) is 11.1 Å². The summed E-state index contributed by atoms with van der Waals surface area (Å²) >= 11 is 0. The number of rotatable bonds is 9. The molecule has 5 aromatic rings. The van der Waals surface area contributed by atoms with E-state index >= 15 is 0 Å². The second-order valence-electron chi connectivity index (χ2n) is 12.4. The van der Waals surface area contributed by atoms with Crippen LogP contribution < -0.4 is 0 Å². The summed E-state index contributed by atoms with van der Waals surface area (Å²) in [7, 11) is -4.68. The van der Waals surface area contributed by atoms with E-state index in [4.69, 9.17) is 0 Å². The molecule has 0 aliphatic heterocycles. The third-order valence-corrected chi connectivity index (χ3v) is 10.2. The van der Waals surface area contributed by atoms with Crippen LogP contribution in [0.5, 0.6) is 11.5 Å². The number of hydrogen-bond acceptors (Lipinski definition) is 4. The highest BCUT2D eigenvalue weighted by atomic mass is 32.2. The molecule has 0 saturated heterocycles. The Hall–Kier alpha value is -4.39. The number of benzene rings is 5. The molecular formula is C39H40O5S. The molecule has 0 heterocycles. The zero-order valence-corrected chi connectivity index (χ0v) is 27.1. The lowest BCUT2D eigenvalue weighted by molar-refractivity contribution is 0.449. The molecule has 5 rings (SSSR count). The molecule has 232 valence electrons. The van der Waals surface area contributed by atoms with E-state index < -0.39 is 15.5 Å². The maximum absolute atomic E-state index is 12.8. The standard InChI is InChI=1S/C39H40O5S/c1-25(28-15-9-6-10-16-28)23-32(29-17-11-7-12-18-29)31-21-22-34(40)36(26(31)2)37-27(3)35(45(42,43)44)24-33(38(37)41)39(4,5)30-19-13-8-14-20-30/h6-22,24-25,32,40-41H,23H2,1-5H3,(H,42,43,44). The van der Waals surface area contributed by atoms with E-state index in [1.807, 2.05) is 93.6 Å². The number of aromatic hydroxyl groups is 2. The number of phenols is 2. The highest BCUT2D eigenvalue weighted by Crippen LogP contribution is 2.50. The highest BCUT2D eigenvalue weighted by Gasteiger charge is 2.34. The Labute approximate surface area is 266 Å². The molecule has 5 nitrogen and oxygen atoms in total. The Morgan fingerprint density at radius 3 is 1.80 bits per heavy atom. The lowest BCUT2D eigenvalue weighted by Gasteiger charge is -2.30. The average Bonchev–Trinajstić information content (AvgIpc) is 3.02. The molecule has 0 aromatic heterocycles. The molecule has 6 heteroatoms. The molecule has 0 spiro atoms. The van der Waals surface area contributed by atoms with E-state index in [9.17, 15) is 23.2 Å². The van der Waals surface area contributed by atoms with Gasteiger partial charge in [-0.15, -0.1) is 0 Å². The lowest BCUT2D eigenvalue weighted by Crippen LogP contribution is -2.20. The summed E-state index contributed by atoms with van der Waals surface area (Å²) < 4.78 is 35.9. The van der Waals surface area contributed by atoms with Crippen LogP contribution in [0.25, 0.3) is 11.1 Å². The van der Waals surface area contributed by atoms with Crippen molar-refractivity contribution in [3.8, 4) is 22.6 Å². The van der Waals surface area contributed by atoms with Crippen LogP contribution >= 0.6 is 0 Å². The van der Waals surface area contributed by atoms with E-state index in [0.717, 1.165) is 28.7 Å². The first kappa shape index (κ1) is 32.0. The Kier molecular flexibility index (Phi) is 8.92. The van der Waals surface area contributed by atoms with Gasteiger partial charge in [-0.25, -0.2) is 0 Å². The van der Waals surface area contributed by atoms with Crippen LogP contribution in [0.3, 0.4) is 0 Å². The van der Waals surface area contributed by atoms with Crippen molar-refractivity contribution in [1.29, 1.82) is 0 Å². The van der Waals surface area contributed by atoms with Gasteiger partial charge in [0.05, 0.1) is 4.90 Å². The molecule has 0 aliphatic rings. The Morgan fingerprint density at radius 2 is 1.24 bits per heavy atom. The largest absolute Gasteiger partial charge is 0.507 e. The van der Waals surface area contributed by atoms with Crippen LogP contribution in [0.4, 0.5) is 0 Å². The van der Waals surface area contributed by atoms with Crippen LogP contribution in [0.2, 0.25) is 0 Å². The van der Waals surface area contributed by atoms with Crippen LogP contribution in [0, 0.1) is 13.8 Å². The minimum Gasteiger partial charge on any atom is -0.507 e. The van der Waals surface area contributed by atoms with E-state index in [1.165, 1.54) is 11.6 Å². The van der Waals surface area contributed by atoms with Gasteiger partial charge in [-0.1, -0.05) is 118 Å². The Morgan fingerprint density at radius 1 is 0.711 bits per heavy atom. The molecule has 0 aliphatic carbocycles. The van der Waals surface area contributed by atoms with Gasteiger partial charge >= 0.3 is 0 Å². The van der Waals surface area contributed by atoms with Gasteiger partial charge in [0.25, 0.3) is 10.1 Å². The minimum absolute atomic E-state index is 0.0619.